The third-order valence-electron chi connectivity index (χ3n) is 3.22. The van der Waals surface area contributed by atoms with Crippen molar-refractivity contribution in [1.29, 1.82) is 0 Å². The van der Waals surface area contributed by atoms with Gasteiger partial charge in [0.05, 0.1) is 19.1 Å². The summed E-state index contributed by atoms with van der Waals surface area (Å²) >= 11 is 1.79. The van der Waals surface area contributed by atoms with Gasteiger partial charge in [0.1, 0.15) is 11.5 Å². The van der Waals surface area contributed by atoms with Gasteiger partial charge in [-0.2, -0.15) is 0 Å². The zero-order valence-electron chi connectivity index (χ0n) is 10.6. The summed E-state index contributed by atoms with van der Waals surface area (Å²) in [6, 6.07) is 2.08. The molecule has 0 spiro atoms. The van der Waals surface area contributed by atoms with Crippen molar-refractivity contribution in [3.05, 3.63) is 17.2 Å². The van der Waals surface area contributed by atoms with E-state index in [9.17, 15) is 0 Å². The first kappa shape index (κ1) is 12.6. The van der Waals surface area contributed by atoms with E-state index in [0.717, 1.165) is 23.7 Å². The van der Waals surface area contributed by atoms with Crippen molar-refractivity contribution in [3.63, 3.8) is 0 Å². The van der Waals surface area contributed by atoms with E-state index in [1.54, 1.807) is 26.0 Å². The summed E-state index contributed by atoms with van der Waals surface area (Å²) in [6.45, 7) is 2.81. The summed E-state index contributed by atoms with van der Waals surface area (Å²) in [5.74, 6) is 3.42. The molecule has 1 aromatic carbocycles. The number of nitrogens with two attached hydrogens (primary N) is 1. The van der Waals surface area contributed by atoms with E-state index >= 15 is 0 Å². The van der Waals surface area contributed by atoms with Gasteiger partial charge in [-0.05, 0) is 24.8 Å². The van der Waals surface area contributed by atoms with Crippen LogP contribution in [0.25, 0.3) is 0 Å². The van der Waals surface area contributed by atoms with Crippen LogP contribution >= 0.6 is 11.8 Å². The molecule has 0 aromatic heterocycles. The summed E-state index contributed by atoms with van der Waals surface area (Å²) in [6.07, 6.45) is 1.00. The predicted molar refractivity (Wildman–Crippen MR) is 71.4 cm³/mol. The first-order chi connectivity index (χ1) is 8.26. The van der Waals surface area contributed by atoms with E-state index < -0.39 is 0 Å². The van der Waals surface area contributed by atoms with Gasteiger partial charge in [0, 0.05) is 17.0 Å². The molecule has 1 aromatic rings. The smallest absolute Gasteiger partial charge is 0.136 e. The van der Waals surface area contributed by atoms with Crippen LogP contribution in [0.1, 0.15) is 24.0 Å². The molecule has 0 amide bonds. The lowest BCUT2D eigenvalue weighted by molar-refractivity contribution is 0.368. The van der Waals surface area contributed by atoms with Crippen LogP contribution in [-0.4, -0.2) is 26.5 Å². The molecule has 2 N–H and O–H groups in total. The number of hydrogen-bond acceptors (Lipinski definition) is 4. The number of rotatable bonds is 5. The average molecular weight is 253 g/mol. The van der Waals surface area contributed by atoms with Crippen molar-refractivity contribution in [2.24, 2.45) is 5.73 Å². The normalized spacial score (nSPS) is 17.3. The van der Waals surface area contributed by atoms with Crippen molar-refractivity contribution in [2.75, 3.05) is 26.5 Å². The molecule has 1 aliphatic carbocycles. The number of fused-ring (bicyclic) bond motifs is 1. The van der Waals surface area contributed by atoms with Gasteiger partial charge in [0.15, 0.2) is 0 Å². The average Bonchev–Trinajstić information content (AvgIpc) is 2.31. The molecule has 17 heavy (non-hydrogen) atoms. The Kier molecular flexibility index (Phi) is 3.84. The van der Waals surface area contributed by atoms with Crippen LogP contribution in [-0.2, 0) is 6.42 Å². The van der Waals surface area contributed by atoms with Crippen LogP contribution in [0.2, 0.25) is 0 Å². The lowest BCUT2D eigenvalue weighted by atomic mass is 9.76. The monoisotopic (exact) mass is 253 g/mol. The molecule has 3 nitrogen and oxygen atoms in total. The van der Waals surface area contributed by atoms with Gasteiger partial charge < -0.3 is 15.2 Å². The highest BCUT2D eigenvalue weighted by Gasteiger charge is 2.33. The number of thioether (sulfide) groups is 1. The molecule has 0 heterocycles. The van der Waals surface area contributed by atoms with E-state index in [2.05, 4.69) is 13.0 Å². The number of ether oxygens (including phenoxy) is 2. The molecule has 1 unspecified atom stereocenters. The molecule has 2 rings (SSSR count). The highest BCUT2D eigenvalue weighted by Crippen LogP contribution is 2.50. The number of methoxy groups -OCH3 is 2. The third kappa shape index (κ3) is 2.00. The fraction of sp³-hybridized carbons (Fsp3) is 0.538. The van der Waals surface area contributed by atoms with E-state index in [1.165, 1.54) is 16.0 Å². The van der Waals surface area contributed by atoms with Crippen LogP contribution in [0, 0.1) is 0 Å². The van der Waals surface area contributed by atoms with Gasteiger partial charge >= 0.3 is 0 Å². The summed E-state index contributed by atoms with van der Waals surface area (Å²) in [5, 5.41) is 0. The number of hydrogen-bond donors (Lipinski definition) is 1. The molecule has 0 saturated carbocycles. The van der Waals surface area contributed by atoms with Crippen LogP contribution in [0.3, 0.4) is 0 Å². The van der Waals surface area contributed by atoms with Crippen LogP contribution in [0.4, 0.5) is 0 Å². The van der Waals surface area contributed by atoms with Gasteiger partial charge in [0.2, 0.25) is 0 Å². The molecule has 0 aliphatic heterocycles. The maximum Gasteiger partial charge on any atom is 0.136 e. The van der Waals surface area contributed by atoms with E-state index in [0.29, 0.717) is 12.5 Å². The highest BCUT2D eigenvalue weighted by molar-refractivity contribution is 7.99. The standard InChI is InChI=1S/C13H19NO2S/c1-4-17-11-6-10(15-2)12-8(7-14)5-9(12)13(11)16-3/h6,8H,4-5,7,14H2,1-3H3. The largest absolute Gasteiger partial charge is 0.496 e. The van der Waals surface area contributed by atoms with Crippen molar-refractivity contribution < 1.29 is 9.47 Å². The Morgan fingerprint density at radius 1 is 1.41 bits per heavy atom. The van der Waals surface area contributed by atoms with Gasteiger partial charge in [-0.25, -0.2) is 0 Å². The molecular weight excluding hydrogens is 234 g/mol. The van der Waals surface area contributed by atoms with Crippen molar-refractivity contribution in [1.82, 2.24) is 0 Å². The molecule has 4 heteroatoms. The molecule has 0 saturated heterocycles. The van der Waals surface area contributed by atoms with Crippen molar-refractivity contribution >= 4 is 11.8 Å². The maximum absolute atomic E-state index is 5.76. The Bertz CT molecular complexity index is 420. The van der Waals surface area contributed by atoms with Gasteiger partial charge in [-0.3, -0.25) is 0 Å². The first-order valence-corrected chi connectivity index (χ1v) is 6.85. The predicted octanol–water partition coefficient (Wildman–Crippen LogP) is 2.41. The SMILES string of the molecule is CCSc1cc(OC)c2c(c1OC)CC2CN. The Balaban J connectivity index is 2.49. The van der Waals surface area contributed by atoms with Gasteiger partial charge in [-0.1, -0.05) is 6.92 Å². The Hall–Kier alpha value is -0.870. The van der Waals surface area contributed by atoms with Crippen LogP contribution in [0.5, 0.6) is 11.5 Å². The molecular formula is C13H19NO2S. The van der Waals surface area contributed by atoms with Crippen molar-refractivity contribution in [3.8, 4) is 11.5 Å². The van der Waals surface area contributed by atoms with Crippen LogP contribution < -0.4 is 15.2 Å². The Labute approximate surface area is 107 Å². The summed E-state index contributed by atoms with van der Waals surface area (Å²) < 4.78 is 11.0. The fourth-order valence-corrected chi connectivity index (χ4v) is 3.25. The number of benzene rings is 1. The second-order valence-electron chi connectivity index (χ2n) is 4.07. The summed E-state index contributed by atoms with van der Waals surface area (Å²) in [5.41, 5.74) is 8.28. The molecule has 0 radical (unpaired) electrons. The van der Waals surface area contributed by atoms with E-state index in [1.807, 2.05) is 0 Å². The first-order valence-electron chi connectivity index (χ1n) is 5.87. The zero-order valence-corrected chi connectivity index (χ0v) is 11.4. The second kappa shape index (κ2) is 5.19. The molecule has 1 aliphatic rings. The summed E-state index contributed by atoms with van der Waals surface area (Å²) in [7, 11) is 3.45. The molecule has 0 bridgehead atoms. The molecule has 94 valence electrons. The molecule has 1 atom stereocenters. The fourth-order valence-electron chi connectivity index (χ4n) is 2.41. The minimum Gasteiger partial charge on any atom is -0.496 e. The van der Waals surface area contributed by atoms with Gasteiger partial charge in [0.25, 0.3) is 0 Å². The van der Waals surface area contributed by atoms with E-state index in [-0.39, 0.29) is 0 Å². The third-order valence-corrected chi connectivity index (χ3v) is 4.12. The van der Waals surface area contributed by atoms with Gasteiger partial charge in [-0.15, -0.1) is 11.8 Å². The minimum absolute atomic E-state index is 0.425. The maximum atomic E-state index is 5.76. The summed E-state index contributed by atoms with van der Waals surface area (Å²) in [4.78, 5) is 1.17. The zero-order chi connectivity index (χ0) is 12.4. The van der Waals surface area contributed by atoms with Crippen molar-refractivity contribution in [2.45, 2.75) is 24.2 Å². The second-order valence-corrected chi connectivity index (χ2v) is 5.38. The lowest BCUT2D eigenvalue weighted by Gasteiger charge is -2.33. The van der Waals surface area contributed by atoms with E-state index in [4.69, 9.17) is 15.2 Å². The lowest BCUT2D eigenvalue weighted by Crippen LogP contribution is -2.26. The molecule has 0 fully saturated rings. The Morgan fingerprint density at radius 3 is 2.71 bits per heavy atom. The quantitative estimate of drug-likeness (QED) is 0.819. The highest BCUT2D eigenvalue weighted by atomic mass is 32.2. The Morgan fingerprint density at radius 2 is 2.18 bits per heavy atom. The minimum atomic E-state index is 0.425. The topological polar surface area (TPSA) is 44.5 Å². The van der Waals surface area contributed by atoms with Crippen LogP contribution in [0.15, 0.2) is 11.0 Å².